The van der Waals surface area contributed by atoms with Crippen molar-refractivity contribution in [2.45, 2.75) is 84.5 Å². The number of carbonyl (C=O) groups is 9. The summed E-state index contributed by atoms with van der Waals surface area (Å²) in [5.74, 6) is 8.76. The van der Waals surface area contributed by atoms with Crippen LogP contribution in [0.2, 0.25) is 0 Å². The Labute approximate surface area is 868 Å². The van der Waals surface area contributed by atoms with Crippen molar-refractivity contribution in [3.63, 3.8) is 0 Å². The Bertz CT molecular complexity index is 5540. The quantitative estimate of drug-likeness (QED) is 0.00251. The van der Waals surface area contributed by atoms with Crippen LogP contribution in [0.25, 0.3) is 17.1 Å². The van der Waals surface area contributed by atoms with E-state index in [1.807, 2.05) is 33.8 Å². The molecule has 52 nitrogen and oxygen atoms in total. The molecular weight excluding hydrogens is 2070 g/mol. The number of nitrogens with two attached hydrogens (primary N) is 2. The minimum atomic E-state index is -5.07. The largest absolute Gasteiger partial charge is 1.00 e. The second-order valence-corrected chi connectivity index (χ2v) is 36.0. The zero-order valence-electron chi connectivity index (χ0n) is 79.4. The van der Waals surface area contributed by atoms with Gasteiger partial charge in [0.1, 0.15) is 46.6 Å². The second kappa shape index (κ2) is 63.4. The van der Waals surface area contributed by atoms with Crippen molar-refractivity contribution in [3.8, 4) is 0 Å². The number of carbonyl (C=O) groups excluding carboxylic acids is 8. The number of hydroxylamine groups is 12. The predicted octanol–water partition coefficient (Wildman–Crippen LogP) is 2.56. The SMILES string of the molecule is C/C=C/[P+](c1ccccc1)(c1ccccc1)c1ccccc1.C=CCON1C(=O)N2CC(I)=CC1C2.C=CCON1C(=O)N2CC(n3ccc(C(=O)NOCCC)n3)=CC1C2.CCCON.CCCONC(=O)c1ccn(C2=CC3CN(C2)C(=O)N3OS(=O)(=O)[O-])n1.CCCONC(=O)c1ccn[nH]1.NOCCO.O=C(NOCCO)c1ccn(C2=CC3CN(C2)C(=O)N3OSOOO)n1.O=C(O)c1ccn[nH]1.[Na+]. The molecule has 4 atom stereocenters. The molecule has 5 aromatic heterocycles. The van der Waals surface area contributed by atoms with Gasteiger partial charge in [-0.05, 0) is 146 Å². The molecule has 8 aliphatic rings. The fraction of sp³-hybridized carbons (Fsp3) is 0.356. The summed E-state index contributed by atoms with van der Waals surface area (Å²) in [5, 5.41) is 69.1. The first-order valence-corrected chi connectivity index (χ1v) is 49.0. The minimum absolute atomic E-state index is 0. The number of benzene rings is 3. The summed E-state index contributed by atoms with van der Waals surface area (Å²) in [6.07, 6.45) is 23.8. The van der Waals surface area contributed by atoms with Crippen LogP contribution >= 0.6 is 42.2 Å². The number of aromatic carboxylic acids is 1. The third kappa shape index (κ3) is 36.1. The second-order valence-electron chi connectivity index (χ2n) is 30.0. The van der Waals surface area contributed by atoms with Crippen molar-refractivity contribution in [2.24, 2.45) is 11.8 Å². The van der Waals surface area contributed by atoms with E-state index < -0.39 is 65.5 Å². The molecule has 8 bridgehead atoms. The number of carboxylic acid groups (broad SMARTS) is 1. The van der Waals surface area contributed by atoms with Gasteiger partial charge in [-0.25, -0.2) is 85.4 Å². The molecule has 4 unspecified atom stereocenters. The van der Waals surface area contributed by atoms with Gasteiger partial charge in [0, 0.05) is 60.7 Å². The van der Waals surface area contributed by atoms with Crippen LogP contribution in [-0.2, 0) is 67.0 Å². The van der Waals surface area contributed by atoms with Gasteiger partial charge in [-0.2, -0.15) is 54.3 Å². The standard InChI is InChI=1S/C21H20P.C16H21N5O4.C13H17N5O7S.C12H15N5O8S.C9H11IN2O2.C7H11N3O2.C4H4N2O2.C3H9NO.C2H7NO2.Na/c1-2-18-22(19-12-6-3-7-13-19,20-14-8-4-9-15-20)21-16-10-5-11-17-21;1-3-7-24-18-15(22)14-5-6-20(17-14)12-9-13-11-19(10-12)16(23)21(13)25-8-4-2;1-2-5-24-15-12(19)11-3-4-17(14-11)9-6-10-8-16(7-9)13(20)18(10)25-26(21,22)23;18-3-4-22-14-11(19)10-1-2-16(13-10)8-5-9-7-15(6-8)12(20)17(9)23-26-25-24-21;1-2-3-14-12-8-4-7(10)5-11(6-8)9(12)13;1-2-5-12-10-7(11)6-3-4-8-9-6;7-4(8)3-1-2-5-6-3;1-2-3-5-4;3-5-2-1-4;/h2-18H,1H3;4-6,9,13H,2-3,7-8,10-11H2,1H3,(H,18,22);3-4,6,10H,2,5,7-8H2,1H3,(H,15,19)(H,21,22,23);1-2,5,9,18,21H,3-4,6-7H2,(H,14,19);2,4,8H,1,3,5-6H2;3-4H,2,5H2,1H3,(H,8,9)(H,10,11);1-2H,(H,5,6)(H,7,8);2-4H2,1H3;4H,1-3H2;/q+1;;;;;;;;;+1/p-1/b18-2+;;;;;;;;;. The van der Waals surface area contributed by atoms with Crippen LogP contribution in [0.5, 0.6) is 0 Å². The Kier molecular flexibility index (Phi) is 52.4. The van der Waals surface area contributed by atoms with Crippen LogP contribution in [0, 0.1) is 0 Å². The molecule has 12 amide bonds. The first-order chi connectivity index (χ1) is 69.1. The zero-order valence-corrected chi connectivity index (χ0v) is 86.1. The molecule has 774 valence electrons. The maximum absolute atomic E-state index is 12.3. The van der Waals surface area contributed by atoms with E-state index in [1.165, 1.54) is 85.6 Å². The number of amides is 12. The molecule has 0 spiro atoms. The van der Waals surface area contributed by atoms with E-state index in [2.05, 4.69) is 244 Å². The fourth-order valence-corrected chi connectivity index (χ4v) is 18.8. The fourth-order valence-electron chi connectivity index (χ4n) is 13.5. The van der Waals surface area contributed by atoms with Gasteiger partial charge in [0.2, 0.25) is 22.7 Å². The van der Waals surface area contributed by atoms with Crippen LogP contribution in [0.1, 0.15) is 113 Å². The van der Waals surface area contributed by atoms with E-state index in [-0.39, 0.29) is 147 Å². The summed E-state index contributed by atoms with van der Waals surface area (Å²) in [7, 11) is -6.80. The Hall–Kier alpha value is -11.9. The monoisotopic (exact) mass is 2190 g/mol. The van der Waals surface area contributed by atoms with E-state index in [4.69, 9.17) is 53.9 Å². The number of H-pyrrole nitrogens is 2. The number of fused-ring (bicyclic) bond motifs is 8. The van der Waals surface area contributed by atoms with Crippen LogP contribution < -0.4 is 79.2 Å². The van der Waals surface area contributed by atoms with E-state index in [9.17, 15) is 56.1 Å². The maximum atomic E-state index is 12.3. The summed E-state index contributed by atoms with van der Waals surface area (Å²) in [4.78, 5) is 150. The van der Waals surface area contributed by atoms with Gasteiger partial charge in [0.15, 0.2) is 17.1 Å². The van der Waals surface area contributed by atoms with Crippen molar-refractivity contribution in [3.05, 3.63) is 246 Å². The van der Waals surface area contributed by atoms with E-state index >= 15 is 0 Å². The summed E-state index contributed by atoms with van der Waals surface area (Å²) in [6.45, 7) is 23.0. The van der Waals surface area contributed by atoms with Crippen molar-refractivity contribution >= 4 is 139 Å². The first-order valence-electron chi connectivity index (χ1n) is 44.0. The van der Waals surface area contributed by atoms with Crippen LogP contribution in [0.3, 0.4) is 0 Å². The molecule has 4 saturated heterocycles. The molecule has 57 heteroatoms. The summed E-state index contributed by atoms with van der Waals surface area (Å²) >= 11 is 2.54. The summed E-state index contributed by atoms with van der Waals surface area (Å²) in [5.41, 5.74) is 12.0. The number of aliphatic hydroxyl groups excluding tert-OH is 2. The number of rotatable bonds is 40. The van der Waals surface area contributed by atoms with E-state index in [1.54, 1.807) is 63.3 Å². The number of carboxylic acids is 1. The molecule has 0 radical (unpaired) electrons. The molecule has 13 heterocycles. The maximum Gasteiger partial charge on any atom is 1.00 e. The smallest absolute Gasteiger partial charge is 0.724 e. The molecule has 0 aliphatic carbocycles. The Morgan fingerprint density at radius 1 is 0.521 bits per heavy atom. The third-order valence-corrected chi connectivity index (χ3v) is 25.1. The van der Waals surface area contributed by atoms with Crippen LogP contribution in [0.15, 0.2) is 217 Å². The van der Waals surface area contributed by atoms with E-state index in [0.717, 1.165) is 43.0 Å². The number of aliphatic hydroxyl groups is 2. The molecule has 14 N–H and O–H groups in total. The zero-order chi connectivity index (χ0) is 104. The van der Waals surface area contributed by atoms with Gasteiger partial charge in [0.25, 0.3) is 23.6 Å². The average Bonchev–Trinajstić information content (AvgIpc) is 1.49. The Balaban J connectivity index is 0.000000229. The number of halogens is 1. The van der Waals surface area contributed by atoms with Crippen molar-refractivity contribution < 1.29 is 163 Å². The van der Waals surface area contributed by atoms with Gasteiger partial charge < -0.3 is 49.1 Å². The molecule has 4 fully saturated rings. The molecule has 8 aromatic rings. The van der Waals surface area contributed by atoms with Gasteiger partial charge in [-0.1, -0.05) is 106 Å². The number of hydrogen-bond donors (Lipinski definition) is 12. The van der Waals surface area contributed by atoms with Gasteiger partial charge in [-0.3, -0.25) is 58.4 Å². The van der Waals surface area contributed by atoms with Gasteiger partial charge >= 0.3 is 59.7 Å². The normalized spacial score (nSPS) is 16.5. The molecule has 8 aliphatic heterocycles. The molecule has 0 saturated carbocycles. The number of aromatic nitrogens is 10. The number of allylic oxidation sites excluding steroid dienone is 1. The Morgan fingerprint density at radius 3 is 1.22 bits per heavy atom. The predicted molar refractivity (Wildman–Crippen MR) is 522 cm³/mol. The van der Waals surface area contributed by atoms with E-state index in [0.29, 0.717) is 81.4 Å². The molecule has 3 aromatic carbocycles. The number of urea groups is 4. The average molecular weight is 2190 g/mol. The number of aromatic amines is 2. The Morgan fingerprint density at radius 2 is 0.882 bits per heavy atom. The number of nitrogens with one attached hydrogen (secondary N) is 6. The first kappa shape index (κ1) is 119. The topological polar surface area (TPSA) is 639 Å². The van der Waals surface area contributed by atoms with Crippen molar-refractivity contribution in [1.82, 2.24) is 112 Å². The van der Waals surface area contributed by atoms with Crippen molar-refractivity contribution in [2.75, 3.05) is 118 Å². The summed E-state index contributed by atoms with van der Waals surface area (Å²) < 4.78 is 51.3. The molecule has 144 heavy (non-hydrogen) atoms. The summed E-state index contributed by atoms with van der Waals surface area (Å²) in [6, 6.07) is 37.5. The number of nitrogens with zero attached hydrogens (tertiary/aromatic N) is 16. The minimum Gasteiger partial charge on any atom is -0.724 e. The van der Waals surface area contributed by atoms with Gasteiger partial charge in [-0.15, -0.1) is 17.5 Å². The molecule has 16 rings (SSSR count). The third-order valence-electron chi connectivity index (χ3n) is 19.6. The van der Waals surface area contributed by atoms with Crippen molar-refractivity contribution in [1.29, 1.82) is 0 Å². The van der Waals surface area contributed by atoms with Gasteiger partial charge in [0.05, 0.1) is 127 Å². The van der Waals surface area contributed by atoms with Crippen LogP contribution in [0.4, 0.5) is 19.2 Å². The van der Waals surface area contributed by atoms with Crippen LogP contribution in [-0.4, -0.2) is 319 Å². The molecular formula is C87H114IN24NaO28PS2+. The number of hydrogen-bond acceptors (Lipinski definition) is 35.